The number of hydrogen-bond donors (Lipinski definition) is 0. The van der Waals surface area contributed by atoms with E-state index in [9.17, 15) is 18.0 Å². The van der Waals surface area contributed by atoms with Gasteiger partial charge in [0.1, 0.15) is 0 Å². The van der Waals surface area contributed by atoms with Gasteiger partial charge >= 0.3 is 6.18 Å². The molecule has 0 aliphatic heterocycles. The molecule has 3 nitrogen and oxygen atoms in total. The topological polar surface area (TPSA) is 34.4 Å². The Balaban J connectivity index is 2.99. The normalized spacial score (nSPS) is 12.0. The van der Waals surface area contributed by atoms with Crippen molar-refractivity contribution in [2.75, 3.05) is 0 Å². The molecule has 2 aromatic heterocycles. The number of halogens is 3. The predicted molar refractivity (Wildman–Crippen MR) is 51.2 cm³/mol. The van der Waals surface area contributed by atoms with Crippen molar-refractivity contribution in [3.8, 4) is 0 Å². The van der Waals surface area contributed by atoms with Crippen LogP contribution in [0.1, 0.15) is 11.3 Å². The van der Waals surface area contributed by atoms with Crippen LogP contribution in [0, 0.1) is 6.92 Å². The van der Waals surface area contributed by atoms with Gasteiger partial charge in [-0.05, 0) is 19.1 Å². The molecule has 0 spiro atoms. The predicted octanol–water partition coefficient (Wildman–Crippen LogP) is 2.02. The first kappa shape index (κ1) is 10.7. The zero-order valence-corrected chi connectivity index (χ0v) is 8.25. The summed E-state index contributed by atoms with van der Waals surface area (Å²) in [4.78, 5) is 11.4. The van der Waals surface area contributed by atoms with Crippen LogP contribution in [0.15, 0.2) is 29.2 Å². The van der Waals surface area contributed by atoms with Crippen molar-refractivity contribution in [2.45, 2.75) is 13.1 Å². The van der Waals surface area contributed by atoms with E-state index in [1.807, 2.05) is 0 Å². The Morgan fingerprint density at radius 2 is 2.06 bits per heavy atom. The molecule has 0 aliphatic carbocycles. The number of fused-ring (bicyclic) bond motifs is 1. The first-order valence-electron chi connectivity index (χ1n) is 4.46. The monoisotopic (exact) mass is 228 g/mol. The lowest BCUT2D eigenvalue weighted by Gasteiger charge is -2.13. The van der Waals surface area contributed by atoms with Crippen LogP contribution in [0.5, 0.6) is 0 Å². The highest BCUT2D eigenvalue weighted by Crippen LogP contribution is 2.30. The molecule has 0 saturated carbocycles. The van der Waals surface area contributed by atoms with Crippen LogP contribution in [-0.2, 0) is 6.18 Å². The molecule has 2 rings (SSSR count). The standard InChI is InChI=1S/C10H7F3N2O/c1-6-8(16)5-7-3-2-4-14-15(7)9(6)10(11,12)13/h2-5H,1H3. The zero-order valence-electron chi connectivity index (χ0n) is 8.25. The van der Waals surface area contributed by atoms with Crippen molar-refractivity contribution in [1.82, 2.24) is 9.61 Å². The lowest BCUT2D eigenvalue weighted by atomic mass is 10.2. The van der Waals surface area contributed by atoms with Gasteiger partial charge in [-0.1, -0.05) is 0 Å². The van der Waals surface area contributed by atoms with Crippen LogP contribution in [0.4, 0.5) is 13.2 Å². The lowest BCUT2D eigenvalue weighted by Crippen LogP contribution is -2.22. The molecule has 0 aliphatic rings. The zero-order chi connectivity index (χ0) is 11.9. The molecular weight excluding hydrogens is 221 g/mol. The fourth-order valence-electron chi connectivity index (χ4n) is 1.53. The maximum Gasteiger partial charge on any atom is 0.433 e. The minimum Gasteiger partial charge on any atom is -0.290 e. The molecule has 16 heavy (non-hydrogen) atoms. The maximum atomic E-state index is 12.8. The summed E-state index contributed by atoms with van der Waals surface area (Å²) in [6.07, 6.45) is -3.35. The molecular formula is C10H7F3N2O. The molecule has 0 amide bonds. The molecule has 6 heteroatoms. The van der Waals surface area contributed by atoms with E-state index in [4.69, 9.17) is 0 Å². The third-order valence-corrected chi connectivity index (χ3v) is 2.26. The summed E-state index contributed by atoms with van der Waals surface area (Å²) in [6.45, 7) is 1.15. The molecule has 2 heterocycles. The Morgan fingerprint density at radius 1 is 1.38 bits per heavy atom. The van der Waals surface area contributed by atoms with Gasteiger partial charge in [0.25, 0.3) is 0 Å². The summed E-state index contributed by atoms with van der Waals surface area (Å²) >= 11 is 0. The van der Waals surface area contributed by atoms with Crippen molar-refractivity contribution < 1.29 is 13.2 Å². The number of nitrogens with zero attached hydrogens (tertiary/aromatic N) is 2. The third kappa shape index (κ3) is 1.56. The van der Waals surface area contributed by atoms with E-state index in [0.717, 1.165) is 17.5 Å². The van der Waals surface area contributed by atoms with Gasteiger partial charge in [0.2, 0.25) is 0 Å². The molecule has 84 valence electrons. The minimum absolute atomic E-state index is 0.130. The van der Waals surface area contributed by atoms with Gasteiger partial charge in [0.05, 0.1) is 5.52 Å². The average Bonchev–Trinajstić information content (AvgIpc) is 2.17. The highest BCUT2D eigenvalue weighted by molar-refractivity contribution is 5.48. The first-order valence-corrected chi connectivity index (χ1v) is 4.46. The van der Waals surface area contributed by atoms with Gasteiger partial charge in [-0.3, -0.25) is 4.79 Å². The van der Waals surface area contributed by atoms with Gasteiger partial charge in [-0.2, -0.15) is 18.3 Å². The summed E-state index contributed by atoms with van der Waals surface area (Å²) in [6, 6.07) is 4.02. The van der Waals surface area contributed by atoms with Gasteiger partial charge in [0, 0.05) is 17.8 Å². The minimum atomic E-state index is -4.60. The Kier molecular flexibility index (Phi) is 2.22. The second-order valence-corrected chi connectivity index (χ2v) is 3.34. The highest BCUT2D eigenvalue weighted by atomic mass is 19.4. The second-order valence-electron chi connectivity index (χ2n) is 3.34. The van der Waals surface area contributed by atoms with Gasteiger partial charge < -0.3 is 0 Å². The van der Waals surface area contributed by atoms with Gasteiger partial charge in [-0.15, -0.1) is 0 Å². The smallest absolute Gasteiger partial charge is 0.290 e. The third-order valence-electron chi connectivity index (χ3n) is 2.26. The Labute approximate surface area is 88.1 Å². The van der Waals surface area contributed by atoms with Crippen LogP contribution in [0.2, 0.25) is 0 Å². The Morgan fingerprint density at radius 3 is 2.69 bits per heavy atom. The average molecular weight is 228 g/mol. The molecule has 0 radical (unpaired) electrons. The van der Waals surface area contributed by atoms with E-state index >= 15 is 0 Å². The first-order chi connectivity index (χ1) is 7.41. The summed E-state index contributed by atoms with van der Waals surface area (Å²) < 4.78 is 39.0. The molecule has 0 fully saturated rings. The molecule has 0 bridgehead atoms. The number of rotatable bonds is 0. The van der Waals surface area contributed by atoms with Crippen LogP contribution < -0.4 is 5.43 Å². The highest BCUT2D eigenvalue weighted by Gasteiger charge is 2.36. The molecule has 0 N–H and O–H groups in total. The van der Waals surface area contributed by atoms with Crippen LogP contribution in [0.25, 0.3) is 5.52 Å². The molecule has 0 aromatic carbocycles. The van der Waals surface area contributed by atoms with E-state index in [-0.39, 0.29) is 11.1 Å². The molecule has 2 aromatic rings. The fraction of sp³-hybridized carbons (Fsp3) is 0.200. The van der Waals surface area contributed by atoms with Crippen LogP contribution in [0.3, 0.4) is 0 Å². The van der Waals surface area contributed by atoms with Gasteiger partial charge in [0.15, 0.2) is 11.1 Å². The largest absolute Gasteiger partial charge is 0.433 e. The maximum absolute atomic E-state index is 12.8. The van der Waals surface area contributed by atoms with E-state index in [0.29, 0.717) is 0 Å². The summed E-state index contributed by atoms with van der Waals surface area (Å²) in [5.74, 6) is 0. The van der Waals surface area contributed by atoms with E-state index in [2.05, 4.69) is 5.10 Å². The lowest BCUT2D eigenvalue weighted by molar-refractivity contribution is -0.143. The molecule has 0 atom stereocenters. The van der Waals surface area contributed by atoms with Crippen LogP contribution >= 0.6 is 0 Å². The number of aromatic nitrogens is 2. The summed E-state index contributed by atoms with van der Waals surface area (Å²) in [5, 5.41) is 3.61. The Hall–Kier alpha value is -1.85. The van der Waals surface area contributed by atoms with E-state index in [1.54, 1.807) is 0 Å². The van der Waals surface area contributed by atoms with Crippen LogP contribution in [-0.4, -0.2) is 9.61 Å². The Bertz CT molecular complexity index is 601. The second kappa shape index (κ2) is 3.33. The summed E-state index contributed by atoms with van der Waals surface area (Å²) in [5.41, 5.74) is -1.87. The molecule has 0 saturated heterocycles. The van der Waals surface area contributed by atoms with Gasteiger partial charge in [-0.25, -0.2) is 4.52 Å². The summed E-state index contributed by atoms with van der Waals surface area (Å²) in [7, 11) is 0. The fourth-order valence-corrected chi connectivity index (χ4v) is 1.53. The number of pyridine rings is 1. The number of alkyl halides is 3. The quantitative estimate of drug-likeness (QED) is 0.691. The SMILES string of the molecule is Cc1c(C(F)(F)F)n2ncccc2cc1=O. The van der Waals surface area contributed by atoms with Crippen molar-refractivity contribution in [1.29, 1.82) is 0 Å². The molecule has 0 unspecified atom stereocenters. The van der Waals surface area contributed by atoms with E-state index < -0.39 is 17.3 Å². The number of hydrogen-bond acceptors (Lipinski definition) is 2. The van der Waals surface area contributed by atoms with Crippen molar-refractivity contribution in [3.05, 3.63) is 45.9 Å². The van der Waals surface area contributed by atoms with E-state index in [1.165, 1.54) is 18.3 Å². The van der Waals surface area contributed by atoms with Crippen molar-refractivity contribution in [3.63, 3.8) is 0 Å². The van der Waals surface area contributed by atoms with Crippen molar-refractivity contribution >= 4 is 5.52 Å². The van der Waals surface area contributed by atoms with Crippen molar-refractivity contribution in [2.24, 2.45) is 0 Å².